The largest absolute Gasteiger partial charge is 0.416 e. The predicted octanol–water partition coefficient (Wildman–Crippen LogP) is 5.16. The lowest BCUT2D eigenvalue weighted by molar-refractivity contribution is -0.137. The van der Waals surface area contributed by atoms with Crippen LogP contribution in [0.5, 0.6) is 0 Å². The van der Waals surface area contributed by atoms with Gasteiger partial charge >= 0.3 is 6.18 Å². The van der Waals surface area contributed by atoms with Crippen LogP contribution in [0.3, 0.4) is 0 Å². The topological polar surface area (TPSA) is 49.4 Å². The highest BCUT2D eigenvalue weighted by Crippen LogP contribution is 2.30. The standard InChI is InChI=1S/C21H20ClF3N2O2/c1-13-7-8-17(11-18(13)22)26-19(28)15-5-3-9-27(12-15)20(29)14-4-2-6-16(10-14)21(23,24)25/h2,4,6-8,10-11,15H,3,5,9,12H2,1H3,(H,26,28)/t15-/m0/s1. The van der Waals surface area contributed by atoms with Crippen molar-refractivity contribution in [1.29, 1.82) is 0 Å². The quantitative estimate of drug-likeness (QED) is 0.740. The summed E-state index contributed by atoms with van der Waals surface area (Å²) in [4.78, 5) is 26.7. The average Bonchev–Trinajstić information content (AvgIpc) is 2.70. The van der Waals surface area contributed by atoms with E-state index in [1.165, 1.54) is 17.0 Å². The second-order valence-electron chi connectivity index (χ2n) is 7.12. The highest BCUT2D eigenvalue weighted by Gasteiger charge is 2.33. The summed E-state index contributed by atoms with van der Waals surface area (Å²) in [5.74, 6) is -1.20. The SMILES string of the molecule is Cc1ccc(NC(=O)[C@H]2CCCN(C(=O)c3cccc(C(F)(F)F)c3)C2)cc1Cl. The van der Waals surface area contributed by atoms with Gasteiger partial charge in [-0.15, -0.1) is 0 Å². The summed E-state index contributed by atoms with van der Waals surface area (Å²) in [7, 11) is 0. The van der Waals surface area contributed by atoms with Crippen LogP contribution in [-0.4, -0.2) is 29.8 Å². The number of carbonyl (C=O) groups excluding carboxylic acids is 2. The van der Waals surface area contributed by atoms with Crippen molar-refractivity contribution in [2.75, 3.05) is 18.4 Å². The van der Waals surface area contributed by atoms with E-state index >= 15 is 0 Å². The predicted molar refractivity (Wildman–Crippen MR) is 105 cm³/mol. The number of piperidine rings is 1. The highest BCUT2D eigenvalue weighted by atomic mass is 35.5. The lowest BCUT2D eigenvalue weighted by Crippen LogP contribution is -2.43. The molecule has 2 aromatic carbocycles. The molecule has 3 rings (SSSR count). The molecule has 1 saturated heterocycles. The zero-order chi connectivity index (χ0) is 21.2. The molecule has 0 radical (unpaired) electrons. The average molecular weight is 425 g/mol. The molecule has 0 bridgehead atoms. The van der Waals surface area contributed by atoms with Gasteiger partial charge in [0.2, 0.25) is 5.91 Å². The van der Waals surface area contributed by atoms with Crippen molar-refractivity contribution in [1.82, 2.24) is 4.90 Å². The van der Waals surface area contributed by atoms with Gasteiger partial charge < -0.3 is 10.2 Å². The zero-order valence-corrected chi connectivity index (χ0v) is 16.5. The van der Waals surface area contributed by atoms with Crippen LogP contribution in [0.4, 0.5) is 18.9 Å². The first-order chi connectivity index (χ1) is 13.6. The second kappa shape index (κ2) is 8.45. The van der Waals surface area contributed by atoms with Gasteiger partial charge in [0.25, 0.3) is 5.91 Å². The maximum atomic E-state index is 12.9. The summed E-state index contributed by atoms with van der Waals surface area (Å²) in [6, 6.07) is 9.54. The fourth-order valence-corrected chi connectivity index (χ4v) is 3.48. The minimum atomic E-state index is -4.52. The van der Waals surface area contributed by atoms with Gasteiger partial charge in [-0.3, -0.25) is 9.59 Å². The number of halogens is 4. The zero-order valence-electron chi connectivity index (χ0n) is 15.7. The Kier molecular flexibility index (Phi) is 6.17. The molecular weight excluding hydrogens is 405 g/mol. The summed E-state index contributed by atoms with van der Waals surface area (Å²) < 4.78 is 38.7. The summed E-state index contributed by atoms with van der Waals surface area (Å²) in [5, 5.41) is 3.33. The van der Waals surface area contributed by atoms with Gasteiger partial charge in [0.15, 0.2) is 0 Å². The Morgan fingerprint density at radius 3 is 2.62 bits per heavy atom. The molecule has 2 amide bonds. The normalized spacial score (nSPS) is 17.1. The molecule has 1 heterocycles. The van der Waals surface area contributed by atoms with Crippen molar-refractivity contribution in [3.05, 3.63) is 64.2 Å². The van der Waals surface area contributed by atoms with Gasteiger partial charge in [0, 0.05) is 29.4 Å². The number of anilines is 1. The van der Waals surface area contributed by atoms with E-state index in [4.69, 9.17) is 11.6 Å². The Hall–Kier alpha value is -2.54. The number of amides is 2. The number of alkyl halides is 3. The molecule has 1 aliphatic heterocycles. The van der Waals surface area contributed by atoms with E-state index in [2.05, 4.69) is 5.32 Å². The first-order valence-corrected chi connectivity index (χ1v) is 9.56. The monoisotopic (exact) mass is 424 g/mol. The van der Waals surface area contributed by atoms with Crippen LogP contribution >= 0.6 is 11.6 Å². The molecule has 0 saturated carbocycles. The van der Waals surface area contributed by atoms with Crippen molar-refractivity contribution in [2.24, 2.45) is 5.92 Å². The van der Waals surface area contributed by atoms with Crippen LogP contribution in [0.15, 0.2) is 42.5 Å². The molecule has 1 N–H and O–H groups in total. The van der Waals surface area contributed by atoms with Crippen LogP contribution < -0.4 is 5.32 Å². The Bertz CT molecular complexity index is 930. The van der Waals surface area contributed by atoms with E-state index in [9.17, 15) is 22.8 Å². The number of nitrogens with one attached hydrogen (secondary N) is 1. The Morgan fingerprint density at radius 2 is 1.93 bits per heavy atom. The third kappa shape index (κ3) is 5.09. The molecule has 4 nitrogen and oxygen atoms in total. The van der Waals surface area contributed by atoms with E-state index in [1.54, 1.807) is 18.2 Å². The van der Waals surface area contributed by atoms with E-state index in [-0.39, 0.29) is 18.0 Å². The highest BCUT2D eigenvalue weighted by molar-refractivity contribution is 6.31. The fraction of sp³-hybridized carbons (Fsp3) is 0.333. The van der Waals surface area contributed by atoms with Gasteiger partial charge in [-0.1, -0.05) is 23.7 Å². The van der Waals surface area contributed by atoms with Crippen LogP contribution in [0, 0.1) is 12.8 Å². The van der Waals surface area contributed by atoms with Crippen molar-refractivity contribution < 1.29 is 22.8 Å². The minimum absolute atomic E-state index is 0.0359. The number of nitrogens with zero attached hydrogens (tertiary/aromatic N) is 1. The minimum Gasteiger partial charge on any atom is -0.338 e. The number of benzene rings is 2. The van der Waals surface area contributed by atoms with E-state index in [1.807, 2.05) is 6.92 Å². The van der Waals surface area contributed by atoms with Crippen molar-refractivity contribution in [2.45, 2.75) is 25.9 Å². The van der Waals surface area contributed by atoms with Crippen LogP contribution in [-0.2, 0) is 11.0 Å². The number of rotatable bonds is 3. The fourth-order valence-electron chi connectivity index (χ4n) is 3.30. The first kappa shape index (κ1) is 21.2. The van der Waals surface area contributed by atoms with Crippen LogP contribution in [0.25, 0.3) is 0 Å². The first-order valence-electron chi connectivity index (χ1n) is 9.18. The van der Waals surface area contributed by atoms with E-state index in [0.29, 0.717) is 30.1 Å². The lowest BCUT2D eigenvalue weighted by Gasteiger charge is -2.32. The van der Waals surface area contributed by atoms with Crippen LogP contribution in [0.2, 0.25) is 5.02 Å². The van der Waals surface area contributed by atoms with E-state index in [0.717, 1.165) is 17.7 Å². The van der Waals surface area contributed by atoms with Crippen molar-refractivity contribution in [3.8, 4) is 0 Å². The van der Waals surface area contributed by atoms with Crippen LogP contribution in [0.1, 0.15) is 34.3 Å². The summed E-state index contributed by atoms with van der Waals surface area (Å²) in [6.45, 7) is 2.40. The molecule has 1 aliphatic rings. The molecule has 1 fully saturated rings. The smallest absolute Gasteiger partial charge is 0.338 e. The van der Waals surface area contributed by atoms with Gasteiger partial charge in [0.1, 0.15) is 0 Å². The van der Waals surface area contributed by atoms with Crippen molar-refractivity contribution >= 4 is 29.1 Å². The maximum Gasteiger partial charge on any atom is 0.416 e. The van der Waals surface area contributed by atoms with Gasteiger partial charge in [-0.2, -0.15) is 13.2 Å². The summed E-state index contributed by atoms with van der Waals surface area (Å²) >= 11 is 6.08. The molecule has 154 valence electrons. The number of hydrogen-bond donors (Lipinski definition) is 1. The molecule has 1 atom stereocenters. The molecular formula is C21H20ClF3N2O2. The second-order valence-corrected chi connectivity index (χ2v) is 7.53. The molecule has 0 unspecified atom stereocenters. The molecule has 2 aromatic rings. The van der Waals surface area contributed by atoms with E-state index < -0.39 is 23.6 Å². The number of carbonyl (C=O) groups is 2. The lowest BCUT2D eigenvalue weighted by atomic mass is 9.96. The Morgan fingerprint density at radius 1 is 1.17 bits per heavy atom. The molecule has 0 spiro atoms. The number of aryl methyl sites for hydroxylation is 1. The third-order valence-corrected chi connectivity index (χ3v) is 5.36. The molecule has 29 heavy (non-hydrogen) atoms. The van der Waals surface area contributed by atoms with Gasteiger partial charge in [0.05, 0.1) is 11.5 Å². The Labute approximate surface area is 171 Å². The summed E-state index contributed by atoms with van der Waals surface area (Å²) in [5.41, 5.74) is 0.546. The third-order valence-electron chi connectivity index (χ3n) is 4.96. The molecule has 0 aliphatic carbocycles. The van der Waals surface area contributed by atoms with Gasteiger partial charge in [-0.05, 0) is 55.7 Å². The number of likely N-dealkylation sites (tertiary alicyclic amines) is 1. The Balaban J connectivity index is 1.69. The molecule has 8 heteroatoms. The summed E-state index contributed by atoms with van der Waals surface area (Å²) in [6.07, 6.45) is -3.33. The van der Waals surface area contributed by atoms with Crippen molar-refractivity contribution in [3.63, 3.8) is 0 Å². The molecule has 0 aromatic heterocycles. The number of hydrogen-bond acceptors (Lipinski definition) is 2. The van der Waals surface area contributed by atoms with Gasteiger partial charge in [-0.25, -0.2) is 0 Å². The maximum absolute atomic E-state index is 12.9.